The van der Waals surface area contributed by atoms with E-state index < -0.39 is 36.0 Å². The number of hydrogen-bond donors (Lipinski definition) is 6. The van der Waals surface area contributed by atoms with E-state index in [0.717, 1.165) is 51.4 Å². The van der Waals surface area contributed by atoms with Gasteiger partial charge in [0.2, 0.25) is 11.8 Å². The third-order valence-corrected chi connectivity index (χ3v) is 5.62. The van der Waals surface area contributed by atoms with Gasteiger partial charge in [0.05, 0.1) is 0 Å². The molecule has 12 nitrogen and oxygen atoms in total. The number of amides is 2. The van der Waals surface area contributed by atoms with Crippen LogP contribution in [0.4, 0.5) is 0 Å². The second-order valence-corrected chi connectivity index (χ2v) is 8.82. The van der Waals surface area contributed by atoms with Crippen molar-refractivity contribution in [2.75, 3.05) is 0 Å². The number of carbonyl (C=O) groups is 6. The molecule has 0 heterocycles. The fourth-order valence-electron chi connectivity index (χ4n) is 3.57. The van der Waals surface area contributed by atoms with Crippen LogP contribution in [0.2, 0.25) is 0 Å². The zero-order valence-electron chi connectivity index (χ0n) is 20.7. The zero-order chi connectivity index (χ0) is 27.3. The molecule has 0 bridgehead atoms. The second-order valence-electron chi connectivity index (χ2n) is 8.82. The fraction of sp³-hybridized carbons (Fsp3) is 0.750. The van der Waals surface area contributed by atoms with E-state index in [1.54, 1.807) is 0 Å². The number of carboxylic acid groups (broad SMARTS) is 4. The molecule has 36 heavy (non-hydrogen) atoms. The smallest absolute Gasteiger partial charge is 0.326 e. The third-order valence-electron chi connectivity index (χ3n) is 5.62. The SMILES string of the molecule is O=C(O)CC[C@H](NC(=O)CCCCCCCCCCCCC(=O)N[C@@H](CCC(=O)O)C(=O)O)C(=O)O. The molecular weight excluding hydrogens is 476 g/mol. The molecule has 206 valence electrons. The van der Waals surface area contributed by atoms with Gasteiger partial charge in [0, 0.05) is 25.7 Å². The maximum Gasteiger partial charge on any atom is 0.326 e. The van der Waals surface area contributed by atoms with Gasteiger partial charge in [-0.2, -0.15) is 0 Å². The number of nitrogens with one attached hydrogen (secondary N) is 2. The van der Waals surface area contributed by atoms with Crippen LogP contribution >= 0.6 is 0 Å². The van der Waals surface area contributed by atoms with Crippen molar-refractivity contribution in [3.63, 3.8) is 0 Å². The van der Waals surface area contributed by atoms with Crippen molar-refractivity contribution in [1.82, 2.24) is 10.6 Å². The lowest BCUT2D eigenvalue weighted by molar-refractivity contribution is -0.144. The lowest BCUT2D eigenvalue weighted by Gasteiger charge is -2.13. The van der Waals surface area contributed by atoms with Gasteiger partial charge in [-0.25, -0.2) is 9.59 Å². The van der Waals surface area contributed by atoms with Crippen molar-refractivity contribution in [1.29, 1.82) is 0 Å². The molecule has 0 rings (SSSR count). The first kappa shape index (κ1) is 32.8. The predicted molar refractivity (Wildman–Crippen MR) is 128 cm³/mol. The van der Waals surface area contributed by atoms with Gasteiger partial charge in [0.25, 0.3) is 0 Å². The van der Waals surface area contributed by atoms with Crippen LogP contribution in [0.3, 0.4) is 0 Å². The molecule has 12 heteroatoms. The number of carbonyl (C=O) groups excluding carboxylic acids is 2. The normalized spacial score (nSPS) is 12.3. The zero-order valence-corrected chi connectivity index (χ0v) is 20.7. The Morgan fingerprint density at radius 1 is 0.444 bits per heavy atom. The third kappa shape index (κ3) is 19.2. The van der Waals surface area contributed by atoms with Crippen LogP contribution in [0.1, 0.15) is 103 Å². The Hall–Kier alpha value is -3.18. The maximum atomic E-state index is 11.8. The summed E-state index contributed by atoms with van der Waals surface area (Å²) in [6.07, 6.45) is 8.49. The minimum absolute atomic E-state index is 0.149. The van der Waals surface area contributed by atoms with Crippen molar-refractivity contribution in [2.24, 2.45) is 0 Å². The highest BCUT2D eigenvalue weighted by Crippen LogP contribution is 2.12. The van der Waals surface area contributed by atoms with Gasteiger partial charge in [-0.05, 0) is 25.7 Å². The van der Waals surface area contributed by atoms with Crippen molar-refractivity contribution in [3.05, 3.63) is 0 Å². The molecule has 0 aromatic heterocycles. The molecule has 6 N–H and O–H groups in total. The Labute approximate surface area is 210 Å². The summed E-state index contributed by atoms with van der Waals surface area (Å²) < 4.78 is 0. The van der Waals surface area contributed by atoms with Gasteiger partial charge in [0.1, 0.15) is 12.1 Å². The molecule has 0 aliphatic carbocycles. The average Bonchev–Trinajstić information content (AvgIpc) is 2.79. The van der Waals surface area contributed by atoms with Gasteiger partial charge in [-0.3, -0.25) is 19.2 Å². The summed E-state index contributed by atoms with van der Waals surface area (Å²) in [5.74, 6) is -5.48. The monoisotopic (exact) mass is 516 g/mol. The molecule has 0 saturated carbocycles. The first-order chi connectivity index (χ1) is 17.0. The number of hydrogen-bond acceptors (Lipinski definition) is 6. The lowest BCUT2D eigenvalue weighted by Crippen LogP contribution is -2.41. The van der Waals surface area contributed by atoms with E-state index in [1.165, 1.54) is 0 Å². The number of carboxylic acids is 4. The van der Waals surface area contributed by atoms with Crippen LogP contribution in [-0.4, -0.2) is 68.2 Å². The molecule has 0 aliphatic heterocycles. The van der Waals surface area contributed by atoms with Crippen molar-refractivity contribution < 1.29 is 49.2 Å². The Kier molecular flexibility index (Phi) is 18.3. The van der Waals surface area contributed by atoms with Gasteiger partial charge >= 0.3 is 23.9 Å². The van der Waals surface area contributed by atoms with Crippen LogP contribution in [0.25, 0.3) is 0 Å². The first-order valence-electron chi connectivity index (χ1n) is 12.5. The highest BCUT2D eigenvalue weighted by atomic mass is 16.4. The number of unbranched alkanes of at least 4 members (excludes halogenated alkanes) is 9. The van der Waals surface area contributed by atoms with Crippen LogP contribution in [0.15, 0.2) is 0 Å². The molecule has 0 aromatic rings. The van der Waals surface area contributed by atoms with Gasteiger partial charge in [-0.15, -0.1) is 0 Å². The summed E-state index contributed by atoms with van der Waals surface area (Å²) in [5.41, 5.74) is 0. The first-order valence-corrected chi connectivity index (χ1v) is 12.5. The summed E-state index contributed by atoms with van der Waals surface area (Å²) in [5, 5.41) is 40.1. The molecule has 0 spiro atoms. The molecule has 0 unspecified atom stereocenters. The Morgan fingerprint density at radius 2 is 0.722 bits per heavy atom. The molecule has 0 aliphatic rings. The Bertz CT molecular complexity index is 666. The molecule has 2 amide bonds. The van der Waals surface area contributed by atoms with E-state index in [1.807, 2.05) is 0 Å². The molecule has 0 fully saturated rings. The fourth-order valence-corrected chi connectivity index (χ4v) is 3.57. The van der Waals surface area contributed by atoms with E-state index in [4.69, 9.17) is 20.4 Å². The number of aliphatic carboxylic acids is 4. The van der Waals surface area contributed by atoms with Gasteiger partial charge in [-0.1, -0.05) is 51.4 Å². The molecule has 0 aromatic carbocycles. The maximum absolute atomic E-state index is 11.8. The summed E-state index contributed by atoms with van der Waals surface area (Å²) in [6, 6.07) is -2.37. The largest absolute Gasteiger partial charge is 0.481 e. The molecule has 0 radical (unpaired) electrons. The van der Waals surface area contributed by atoms with Crippen LogP contribution in [0.5, 0.6) is 0 Å². The summed E-state index contributed by atoms with van der Waals surface area (Å²) in [6.45, 7) is 0. The van der Waals surface area contributed by atoms with Gasteiger partial charge < -0.3 is 31.1 Å². The predicted octanol–water partition coefficient (Wildman–Crippen LogP) is 2.54. The minimum Gasteiger partial charge on any atom is -0.481 e. The van der Waals surface area contributed by atoms with E-state index in [9.17, 15) is 28.8 Å². The topological polar surface area (TPSA) is 207 Å². The molecular formula is C24H40N2O10. The van der Waals surface area contributed by atoms with E-state index >= 15 is 0 Å². The standard InChI is InChI=1S/C24H40N2O10/c27-19(25-17(23(33)34)13-15-21(29)30)11-9-7-5-3-1-2-4-6-8-10-12-20(28)26-18(24(35)36)14-16-22(31)32/h17-18H,1-16H2,(H,25,27)(H,26,28)(H,29,30)(H,31,32)(H,33,34)(H,35,36)/t17-,18-/m0/s1. The quantitative estimate of drug-likeness (QED) is 0.109. The average molecular weight is 517 g/mol. The van der Waals surface area contributed by atoms with Crippen LogP contribution in [-0.2, 0) is 28.8 Å². The Morgan fingerprint density at radius 3 is 0.972 bits per heavy atom. The highest BCUT2D eigenvalue weighted by molar-refractivity contribution is 5.84. The van der Waals surface area contributed by atoms with Crippen LogP contribution in [0, 0.1) is 0 Å². The van der Waals surface area contributed by atoms with Crippen molar-refractivity contribution >= 4 is 35.7 Å². The molecule has 0 saturated heterocycles. The second kappa shape index (κ2) is 20.1. The van der Waals surface area contributed by atoms with E-state index in [2.05, 4.69) is 10.6 Å². The Balaban J connectivity index is 3.70. The molecule has 2 atom stereocenters. The van der Waals surface area contributed by atoms with Crippen molar-refractivity contribution in [3.8, 4) is 0 Å². The van der Waals surface area contributed by atoms with E-state index in [0.29, 0.717) is 12.8 Å². The summed E-state index contributed by atoms with van der Waals surface area (Å²) in [7, 11) is 0. The van der Waals surface area contributed by atoms with E-state index in [-0.39, 0.29) is 50.3 Å². The van der Waals surface area contributed by atoms with Crippen molar-refractivity contribution in [2.45, 2.75) is 115 Å². The summed E-state index contributed by atoms with van der Waals surface area (Å²) in [4.78, 5) is 67.0. The summed E-state index contributed by atoms with van der Waals surface area (Å²) >= 11 is 0. The van der Waals surface area contributed by atoms with Gasteiger partial charge in [0.15, 0.2) is 0 Å². The van der Waals surface area contributed by atoms with Crippen LogP contribution < -0.4 is 10.6 Å². The lowest BCUT2D eigenvalue weighted by atomic mass is 10.0. The number of rotatable bonds is 23. The minimum atomic E-state index is -1.24. The highest BCUT2D eigenvalue weighted by Gasteiger charge is 2.21.